The molecule has 0 fully saturated rings. The Hall–Kier alpha value is -0.870. The predicted octanol–water partition coefficient (Wildman–Crippen LogP) is 0.107. The number of oxazole rings is 1. The lowest BCUT2D eigenvalue weighted by molar-refractivity contribution is 0.137. The van der Waals surface area contributed by atoms with E-state index in [1.54, 1.807) is 6.20 Å². The van der Waals surface area contributed by atoms with Crippen LogP contribution in [0.1, 0.15) is 5.76 Å². The SMILES string of the molecule is NOCCc1cnco1. The number of aromatic nitrogens is 1. The molecule has 0 aromatic carbocycles. The molecule has 0 unspecified atom stereocenters. The molecule has 0 aliphatic carbocycles. The summed E-state index contributed by atoms with van der Waals surface area (Å²) in [5.41, 5.74) is 0. The molecule has 0 spiro atoms. The standard InChI is InChI=1S/C5H8N2O2/c6-9-2-1-5-3-7-4-8-5/h3-4H,1-2,6H2. The Labute approximate surface area is 52.6 Å². The number of hydrogen-bond donors (Lipinski definition) is 1. The third kappa shape index (κ3) is 1.83. The Morgan fingerprint density at radius 1 is 1.78 bits per heavy atom. The van der Waals surface area contributed by atoms with Crippen LogP contribution in [0.15, 0.2) is 17.0 Å². The highest BCUT2D eigenvalue weighted by atomic mass is 16.6. The minimum Gasteiger partial charge on any atom is -0.448 e. The molecule has 0 aliphatic heterocycles. The van der Waals surface area contributed by atoms with Crippen LogP contribution in [-0.4, -0.2) is 11.6 Å². The lowest BCUT2D eigenvalue weighted by Crippen LogP contribution is -2.02. The molecule has 1 rings (SSSR count). The summed E-state index contributed by atoms with van der Waals surface area (Å²) in [5.74, 6) is 5.58. The van der Waals surface area contributed by atoms with Crippen LogP contribution >= 0.6 is 0 Å². The van der Waals surface area contributed by atoms with Crippen molar-refractivity contribution in [3.05, 3.63) is 18.4 Å². The fourth-order valence-electron chi connectivity index (χ4n) is 0.525. The van der Waals surface area contributed by atoms with Crippen molar-refractivity contribution in [2.45, 2.75) is 6.42 Å². The molecular weight excluding hydrogens is 120 g/mol. The maximum Gasteiger partial charge on any atom is 0.180 e. The van der Waals surface area contributed by atoms with Crippen molar-refractivity contribution < 1.29 is 9.25 Å². The van der Waals surface area contributed by atoms with Gasteiger partial charge in [-0.15, -0.1) is 0 Å². The van der Waals surface area contributed by atoms with Crippen molar-refractivity contribution in [3.8, 4) is 0 Å². The molecule has 0 amide bonds. The topological polar surface area (TPSA) is 61.3 Å². The minimum atomic E-state index is 0.467. The highest BCUT2D eigenvalue weighted by molar-refractivity contribution is 4.87. The average Bonchev–Trinajstić information content (AvgIpc) is 2.34. The van der Waals surface area contributed by atoms with E-state index >= 15 is 0 Å². The lowest BCUT2D eigenvalue weighted by Gasteiger charge is -1.90. The summed E-state index contributed by atoms with van der Waals surface area (Å²) >= 11 is 0. The van der Waals surface area contributed by atoms with Gasteiger partial charge in [0.1, 0.15) is 5.76 Å². The third-order valence-corrected chi connectivity index (χ3v) is 0.950. The quantitative estimate of drug-likeness (QED) is 0.587. The monoisotopic (exact) mass is 128 g/mol. The summed E-state index contributed by atoms with van der Waals surface area (Å²) in [4.78, 5) is 8.04. The molecule has 0 bridgehead atoms. The van der Waals surface area contributed by atoms with Crippen LogP contribution in [0.3, 0.4) is 0 Å². The molecule has 1 heterocycles. The molecule has 0 radical (unpaired) electrons. The maximum atomic E-state index is 4.89. The first kappa shape index (κ1) is 6.25. The van der Waals surface area contributed by atoms with E-state index in [9.17, 15) is 0 Å². The third-order valence-electron chi connectivity index (χ3n) is 0.950. The Morgan fingerprint density at radius 2 is 2.67 bits per heavy atom. The Kier molecular flexibility index (Phi) is 2.23. The molecule has 1 aromatic rings. The van der Waals surface area contributed by atoms with Gasteiger partial charge in [0.25, 0.3) is 0 Å². The molecule has 50 valence electrons. The number of nitrogens with two attached hydrogens (primary N) is 1. The zero-order chi connectivity index (χ0) is 6.53. The molecule has 2 N–H and O–H groups in total. The van der Waals surface area contributed by atoms with Gasteiger partial charge in [-0.25, -0.2) is 10.9 Å². The normalized spacial score (nSPS) is 9.89. The van der Waals surface area contributed by atoms with Crippen molar-refractivity contribution in [2.24, 2.45) is 5.90 Å². The van der Waals surface area contributed by atoms with Gasteiger partial charge in [-0.2, -0.15) is 0 Å². The van der Waals surface area contributed by atoms with Gasteiger partial charge < -0.3 is 9.25 Å². The van der Waals surface area contributed by atoms with Crippen LogP contribution < -0.4 is 5.90 Å². The van der Waals surface area contributed by atoms with Crippen molar-refractivity contribution in [3.63, 3.8) is 0 Å². The number of nitrogens with zero attached hydrogens (tertiary/aromatic N) is 1. The van der Waals surface area contributed by atoms with E-state index in [0.29, 0.717) is 13.0 Å². The van der Waals surface area contributed by atoms with Crippen LogP contribution in [0, 0.1) is 0 Å². The molecule has 0 saturated carbocycles. The molecule has 0 atom stereocenters. The van der Waals surface area contributed by atoms with E-state index in [4.69, 9.17) is 10.3 Å². The molecule has 4 nitrogen and oxygen atoms in total. The highest BCUT2D eigenvalue weighted by Crippen LogP contribution is 1.95. The van der Waals surface area contributed by atoms with Gasteiger partial charge in [0.2, 0.25) is 0 Å². The summed E-state index contributed by atoms with van der Waals surface area (Å²) in [5, 5.41) is 0. The zero-order valence-electron chi connectivity index (χ0n) is 4.91. The number of rotatable bonds is 3. The second-order valence-corrected chi connectivity index (χ2v) is 1.59. The van der Waals surface area contributed by atoms with E-state index in [1.807, 2.05) is 0 Å². The van der Waals surface area contributed by atoms with Crippen LogP contribution in [-0.2, 0) is 11.3 Å². The summed E-state index contributed by atoms with van der Waals surface area (Å²) < 4.78 is 4.89. The van der Waals surface area contributed by atoms with Crippen LogP contribution in [0.2, 0.25) is 0 Å². The van der Waals surface area contributed by atoms with E-state index in [0.717, 1.165) is 5.76 Å². The van der Waals surface area contributed by atoms with Crippen LogP contribution in [0.5, 0.6) is 0 Å². The van der Waals surface area contributed by atoms with Crippen molar-refractivity contribution in [1.82, 2.24) is 4.98 Å². The second-order valence-electron chi connectivity index (χ2n) is 1.59. The van der Waals surface area contributed by atoms with Gasteiger partial charge in [0.05, 0.1) is 12.8 Å². The van der Waals surface area contributed by atoms with Gasteiger partial charge >= 0.3 is 0 Å². The second kappa shape index (κ2) is 3.21. The fourth-order valence-corrected chi connectivity index (χ4v) is 0.525. The van der Waals surface area contributed by atoms with Gasteiger partial charge in [-0.05, 0) is 0 Å². The molecule has 0 aliphatic rings. The fraction of sp³-hybridized carbons (Fsp3) is 0.400. The van der Waals surface area contributed by atoms with Crippen molar-refractivity contribution in [2.75, 3.05) is 6.61 Å². The lowest BCUT2D eigenvalue weighted by atomic mass is 10.4. The van der Waals surface area contributed by atoms with Gasteiger partial charge in [0, 0.05) is 6.42 Å². The summed E-state index contributed by atoms with van der Waals surface area (Å²) in [7, 11) is 0. The molecule has 9 heavy (non-hydrogen) atoms. The van der Waals surface area contributed by atoms with Crippen molar-refractivity contribution >= 4 is 0 Å². The summed E-state index contributed by atoms with van der Waals surface area (Å²) in [6.07, 6.45) is 3.70. The highest BCUT2D eigenvalue weighted by Gasteiger charge is 1.93. The van der Waals surface area contributed by atoms with Crippen LogP contribution in [0.25, 0.3) is 0 Å². The van der Waals surface area contributed by atoms with Gasteiger partial charge in [0.15, 0.2) is 6.39 Å². The first-order valence-electron chi connectivity index (χ1n) is 2.62. The Balaban J connectivity index is 2.30. The van der Waals surface area contributed by atoms with E-state index in [-0.39, 0.29) is 0 Å². The van der Waals surface area contributed by atoms with E-state index < -0.39 is 0 Å². The Bertz CT molecular complexity index is 150. The first-order chi connectivity index (χ1) is 4.43. The van der Waals surface area contributed by atoms with Crippen LogP contribution in [0.4, 0.5) is 0 Å². The molecule has 0 saturated heterocycles. The maximum absolute atomic E-state index is 4.89. The van der Waals surface area contributed by atoms with Crippen molar-refractivity contribution in [1.29, 1.82) is 0 Å². The van der Waals surface area contributed by atoms with Gasteiger partial charge in [-0.3, -0.25) is 0 Å². The summed E-state index contributed by atoms with van der Waals surface area (Å²) in [6, 6.07) is 0. The number of hydrogen-bond acceptors (Lipinski definition) is 4. The molecular formula is C5H8N2O2. The Morgan fingerprint density at radius 3 is 3.22 bits per heavy atom. The smallest absolute Gasteiger partial charge is 0.180 e. The first-order valence-corrected chi connectivity index (χ1v) is 2.62. The van der Waals surface area contributed by atoms with Gasteiger partial charge in [-0.1, -0.05) is 0 Å². The largest absolute Gasteiger partial charge is 0.448 e. The minimum absolute atomic E-state index is 0.467. The zero-order valence-corrected chi connectivity index (χ0v) is 4.91. The molecule has 1 aromatic heterocycles. The summed E-state index contributed by atoms with van der Waals surface area (Å²) in [6.45, 7) is 0.467. The van der Waals surface area contributed by atoms with E-state index in [1.165, 1.54) is 6.39 Å². The van der Waals surface area contributed by atoms with E-state index in [2.05, 4.69) is 9.82 Å². The average molecular weight is 128 g/mol. The molecule has 4 heteroatoms. The predicted molar refractivity (Wildman–Crippen MR) is 30.3 cm³/mol.